The van der Waals surface area contributed by atoms with Gasteiger partial charge in [0, 0.05) is 5.56 Å². The van der Waals surface area contributed by atoms with Crippen molar-refractivity contribution in [3.8, 4) is 23.3 Å². The summed E-state index contributed by atoms with van der Waals surface area (Å²) >= 11 is 0. The molecular formula is C17H16FNO2. The summed E-state index contributed by atoms with van der Waals surface area (Å²) in [5, 5.41) is 0. The minimum atomic E-state index is -0.350. The van der Waals surface area contributed by atoms with Gasteiger partial charge in [-0.15, -0.1) is 0 Å². The maximum Gasteiger partial charge on any atom is 0.161 e. The zero-order valence-electron chi connectivity index (χ0n) is 11.7. The summed E-state index contributed by atoms with van der Waals surface area (Å²) in [5.74, 6) is 6.41. The number of ether oxygens (including phenoxy) is 2. The highest BCUT2D eigenvalue weighted by Crippen LogP contribution is 2.26. The van der Waals surface area contributed by atoms with Gasteiger partial charge in [0.05, 0.1) is 13.7 Å². The van der Waals surface area contributed by atoms with Crippen molar-refractivity contribution in [2.24, 2.45) is 5.73 Å². The summed E-state index contributed by atoms with van der Waals surface area (Å²) in [6.45, 7) is 0.471. The predicted molar refractivity (Wildman–Crippen MR) is 79.7 cm³/mol. The van der Waals surface area contributed by atoms with Gasteiger partial charge in [-0.1, -0.05) is 24.0 Å². The van der Waals surface area contributed by atoms with Crippen molar-refractivity contribution in [1.29, 1.82) is 0 Å². The van der Waals surface area contributed by atoms with Crippen LogP contribution in [0.3, 0.4) is 0 Å². The molecule has 21 heavy (non-hydrogen) atoms. The molecule has 0 saturated heterocycles. The molecule has 0 aliphatic rings. The van der Waals surface area contributed by atoms with Gasteiger partial charge in [0.25, 0.3) is 0 Å². The van der Waals surface area contributed by atoms with Crippen molar-refractivity contribution in [3.63, 3.8) is 0 Å². The smallest absolute Gasteiger partial charge is 0.161 e. The SMILES string of the molecule is COc1ccccc1OCc1cc(F)cc(C#CCN)c1. The first-order valence-corrected chi connectivity index (χ1v) is 6.47. The lowest BCUT2D eigenvalue weighted by Gasteiger charge is -2.10. The summed E-state index contributed by atoms with van der Waals surface area (Å²) in [5.41, 5.74) is 6.59. The van der Waals surface area contributed by atoms with Crippen LogP contribution < -0.4 is 15.2 Å². The van der Waals surface area contributed by atoms with Crippen molar-refractivity contribution >= 4 is 0 Å². The number of rotatable bonds is 4. The van der Waals surface area contributed by atoms with E-state index in [1.165, 1.54) is 12.1 Å². The molecule has 0 heterocycles. The Bertz CT molecular complexity index is 674. The molecule has 0 unspecified atom stereocenters. The maximum absolute atomic E-state index is 13.5. The Labute approximate surface area is 123 Å². The van der Waals surface area contributed by atoms with Gasteiger partial charge in [-0.2, -0.15) is 0 Å². The van der Waals surface area contributed by atoms with Gasteiger partial charge in [0.2, 0.25) is 0 Å². The Kier molecular flexibility index (Phi) is 5.19. The van der Waals surface area contributed by atoms with E-state index in [1.54, 1.807) is 25.3 Å². The summed E-state index contributed by atoms with van der Waals surface area (Å²) < 4.78 is 24.4. The van der Waals surface area contributed by atoms with E-state index in [0.717, 1.165) is 0 Å². The van der Waals surface area contributed by atoms with E-state index in [-0.39, 0.29) is 19.0 Å². The molecule has 0 aliphatic carbocycles. The summed E-state index contributed by atoms with van der Waals surface area (Å²) in [7, 11) is 1.57. The first-order valence-electron chi connectivity index (χ1n) is 6.47. The Balaban J connectivity index is 2.14. The van der Waals surface area contributed by atoms with Gasteiger partial charge in [0.15, 0.2) is 11.5 Å². The number of hydrogen-bond donors (Lipinski definition) is 1. The molecule has 0 aromatic heterocycles. The monoisotopic (exact) mass is 285 g/mol. The number of para-hydroxylation sites is 2. The van der Waals surface area contributed by atoms with Crippen LogP contribution in [0.25, 0.3) is 0 Å². The Morgan fingerprint density at radius 3 is 2.62 bits per heavy atom. The molecule has 4 heteroatoms. The topological polar surface area (TPSA) is 44.5 Å². The van der Waals surface area contributed by atoms with Gasteiger partial charge < -0.3 is 15.2 Å². The summed E-state index contributed by atoms with van der Waals surface area (Å²) in [4.78, 5) is 0. The summed E-state index contributed by atoms with van der Waals surface area (Å²) in [6.07, 6.45) is 0. The van der Waals surface area contributed by atoms with E-state index in [9.17, 15) is 4.39 Å². The second-order valence-electron chi connectivity index (χ2n) is 4.29. The predicted octanol–water partition coefficient (Wildman–Crippen LogP) is 2.72. The molecule has 0 bridgehead atoms. The first-order chi connectivity index (χ1) is 10.2. The molecule has 0 aliphatic heterocycles. The van der Waals surface area contributed by atoms with Crippen LogP contribution in [0.1, 0.15) is 11.1 Å². The van der Waals surface area contributed by atoms with Gasteiger partial charge >= 0.3 is 0 Å². The minimum Gasteiger partial charge on any atom is -0.493 e. The molecular weight excluding hydrogens is 269 g/mol. The van der Waals surface area contributed by atoms with Crippen LogP contribution >= 0.6 is 0 Å². The lowest BCUT2D eigenvalue weighted by atomic mass is 10.1. The second-order valence-corrected chi connectivity index (χ2v) is 4.29. The molecule has 108 valence electrons. The third-order valence-electron chi connectivity index (χ3n) is 2.76. The lowest BCUT2D eigenvalue weighted by molar-refractivity contribution is 0.284. The van der Waals surface area contributed by atoms with Crippen molar-refractivity contribution in [1.82, 2.24) is 0 Å². The molecule has 0 spiro atoms. The quantitative estimate of drug-likeness (QED) is 0.878. The fourth-order valence-corrected chi connectivity index (χ4v) is 1.86. The molecule has 2 rings (SSSR count). The van der Waals surface area contributed by atoms with Crippen LogP contribution in [-0.2, 0) is 6.61 Å². The fourth-order valence-electron chi connectivity index (χ4n) is 1.86. The van der Waals surface area contributed by atoms with Crippen LogP contribution in [0.4, 0.5) is 4.39 Å². The molecule has 0 amide bonds. The average molecular weight is 285 g/mol. The standard InChI is InChI=1S/C17H16FNO2/c1-20-16-6-2-3-7-17(16)21-12-14-9-13(5-4-8-19)10-15(18)11-14/h2-3,6-7,9-11H,8,12,19H2,1H3. The van der Waals surface area contributed by atoms with E-state index in [1.807, 2.05) is 12.1 Å². The Morgan fingerprint density at radius 1 is 1.14 bits per heavy atom. The van der Waals surface area contributed by atoms with Gasteiger partial charge in [-0.3, -0.25) is 0 Å². The molecule has 0 saturated carbocycles. The normalized spacial score (nSPS) is 9.67. The van der Waals surface area contributed by atoms with E-state index in [4.69, 9.17) is 15.2 Å². The zero-order valence-corrected chi connectivity index (χ0v) is 11.7. The van der Waals surface area contributed by atoms with Gasteiger partial charge in [0.1, 0.15) is 12.4 Å². The number of nitrogens with two attached hydrogens (primary N) is 1. The number of hydrogen-bond acceptors (Lipinski definition) is 3. The number of benzene rings is 2. The lowest BCUT2D eigenvalue weighted by Crippen LogP contribution is -1.99. The number of methoxy groups -OCH3 is 1. The second kappa shape index (κ2) is 7.32. The maximum atomic E-state index is 13.5. The summed E-state index contributed by atoms with van der Waals surface area (Å²) in [6, 6.07) is 11.9. The van der Waals surface area contributed by atoms with E-state index in [0.29, 0.717) is 22.6 Å². The van der Waals surface area contributed by atoms with Crippen LogP contribution in [0.5, 0.6) is 11.5 Å². The molecule has 0 radical (unpaired) electrons. The van der Waals surface area contributed by atoms with E-state index < -0.39 is 0 Å². The third-order valence-corrected chi connectivity index (χ3v) is 2.76. The van der Waals surface area contributed by atoms with Crippen molar-refractivity contribution in [3.05, 3.63) is 59.4 Å². The van der Waals surface area contributed by atoms with Gasteiger partial charge in [-0.05, 0) is 35.9 Å². The zero-order chi connectivity index (χ0) is 15.1. The van der Waals surface area contributed by atoms with Crippen LogP contribution in [0.2, 0.25) is 0 Å². The molecule has 0 atom stereocenters. The fraction of sp³-hybridized carbons (Fsp3) is 0.176. The van der Waals surface area contributed by atoms with Crippen LogP contribution in [0, 0.1) is 17.7 Å². The van der Waals surface area contributed by atoms with Crippen molar-refractivity contribution in [2.75, 3.05) is 13.7 Å². The van der Waals surface area contributed by atoms with Crippen LogP contribution in [0.15, 0.2) is 42.5 Å². The molecule has 2 aromatic carbocycles. The Hall–Kier alpha value is -2.51. The van der Waals surface area contributed by atoms with Gasteiger partial charge in [-0.25, -0.2) is 4.39 Å². The molecule has 2 aromatic rings. The van der Waals surface area contributed by atoms with E-state index >= 15 is 0 Å². The largest absolute Gasteiger partial charge is 0.493 e. The third kappa shape index (κ3) is 4.23. The van der Waals surface area contributed by atoms with E-state index in [2.05, 4.69) is 11.8 Å². The highest BCUT2D eigenvalue weighted by molar-refractivity contribution is 5.40. The highest BCUT2D eigenvalue weighted by Gasteiger charge is 2.04. The molecule has 3 nitrogen and oxygen atoms in total. The molecule has 2 N–H and O–H groups in total. The van der Waals surface area contributed by atoms with Crippen LogP contribution in [-0.4, -0.2) is 13.7 Å². The first kappa shape index (κ1) is 14.9. The molecule has 0 fully saturated rings. The van der Waals surface area contributed by atoms with Crippen molar-refractivity contribution < 1.29 is 13.9 Å². The Morgan fingerprint density at radius 2 is 1.90 bits per heavy atom. The minimum absolute atomic E-state index is 0.232. The number of halogens is 1. The average Bonchev–Trinajstić information content (AvgIpc) is 2.50. The highest BCUT2D eigenvalue weighted by atomic mass is 19.1. The van der Waals surface area contributed by atoms with Crippen molar-refractivity contribution in [2.45, 2.75) is 6.61 Å².